The quantitative estimate of drug-likeness (QED) is 0.366. The first-order chi connectivity index (χ1) is 18.0. The van der Waals surface area contributed by atoms with Gasteiger partial charge in [-0.15, -0.1) is 0 Å². The zero-order valence-corrected chi connectivity index (χ0v) is 20.3. The van der Waals surface area contributed by atoms with E-state index >= 15 is 8.78 Å². The number of rotatable bonds is 6. The predicted octanol–water partition coefficient (Wildman–Crippen LogP) is 5.05. The number of aromatic nitrogens is 2. The number of fused-ring (bicyclic) bond motifs is 1. The molecule has 3 heterocycles. The molecule has 0 aliphatic carbocycles. The van der Waals surface area contributed by atoms with E-state index in [1.807, 2.05) is 24.3 Å². The molecule has 0 unspecified atom stereocenters. The van der Waals surface area contributed by atoms with Crippen LogP contribution in [0.2, 0.25) is 0 Å². The summed E-state index contributed by atoms with van der Waals surface area (Å²) in [4.78, 5) is 18.4. The Labute approximate surface area is 211 Å². The lowest BCUT2D eigenvalue weighted by Gasteiger charge is -2.19. The highest BCUT2D eigenvalue weighted by Gasteiger charge is 2.28. The molecule has 5 rings (SSSR count). The minimum Gasteiger partial charge on any atom is -0.494 e. The summed E-state index contributed by atoms with van der Waals surface area (Å²) in [7, 11) is 2.51. The maximum Gasteiger partial charge on any atom is 0.259 e. The highest BCUT2D eigenvalue weighted by atomic mass is 19.1. The average molecular weight is 504 g/mol. The van der Waals surface area contributed by atoms with Crippen molar-refractivity contribution in [3.63, 3.8) is 0 Å². The molecule has 9 heteroatoms. The molecule has 1 aliphatic heterocycles. The van der Waals surface area contributed by atoms with E-state index in [-0.39, 0.29) is 23.1 Å². The Bertz CT molecular complexity index is 1560. The molecule has 188 valence electrons. The van der Waals surface area contributed by atoms with Crippen LogP contribution in [0.15, 0.2) is 53.5 Å². The monoisotopic (exact) mass is 503 g/mol. The van der Waals surface area contributed by atoms with Crippen molar-refractivity contribution in [2.24, 2.45) is 0 Å². The molecule has 4 aromatic rings. The summed E-state index contributed by atoms with van der Waals surface area (Å²) in [5.41, 5.74) is 1.65. The highest BCUT2D eigenvalue weighted by molar-refractivity contribution is 5.87. The van der Waals surface area contributed by atoms with Gasteiger partial charge in [0.15, 0.2) is 23.1 Å². The zero-order chi connectivity index (χ0) is 26.1. The average Bonchev–Trinajstić information content (AvgIpc) is 3.44. The van der Waals surface area contributed by atoms with Crippen molar-refractivity contribution in [2.45, 2.75) is 18.9 Å². The van der Waals surface area contributed by atoms with Gasteiger partial charge in [-0.05, 0) is 24.1 Å². The highest BCUT2D eigenvalue weighted by Crippen LogP contribution is 2.38. The van der Waals surface area contributed by atoms with Gasteiger partial charge in [-0.1, -0.05) is 24.3 Å². The van der Waals surface area contributed by atoms with Crippen LogP contribution < -0.4 is 15.0 Å². The van der Waals surface area contributed by atoms with Gasteiger partial charge in [0.25, 0.3) is 5.56 Å². The van der Waals surface area contributed by atoms with Crippen LogP contribution in [0, 0.1) is 23.0 Å². The minimum atomic E-state index is -0.992. The molecule has 37 heavy (non-hydrogen) atoms. The number of nitriles is 1. The number of hydrogen-bond acceptors (Lipinski definition) is 6. The summed E-state index contributed by atoms with van der Waals surface area (Å²) >= 11 is 0. The number of methoxy groups -OCH3 is 2. The van der Waals surface area contributed by atoms with Gasteiger partial charge in [-0.3, -0.25) is 9.78 Å². The lowest BCUT2D eigenvalue weighted by molar-refractivity contribution is 0.186. The third-order valence-corrected chi connectivity index (χ3v) is 6.57. The fourth-order valence-electron chi connectivity index (χ4n) is 4.66. The van der Waals surface area contributed by atoms with E-state index in [1.54, 1.807) is 12.3 Å². The minimum absolute atomic E-state index is 0.165. The van der Waals surface area contributed by atoms with Crippen molar-refractivity contribution >= 4 is 10.9 Å². The molecule has 0 bridgehead atoms. The normalized spacial score (nSPS) is 15.1. The van der Waals surface area contributed by atoms with E-state index < -0.39 is 22.8 Å². The molecule has 2 aromatic carbocycles. The van der Waals surface area contributed by atoms with E-state index in [2.05, 4.69) is 11.1 Å². The van der Waals surface area contributed by atoms with Crippen LogP contribution in [0.3, 0.4) is 0 Å². The summed E-state index contributed by atoms with van der Waals surface area (Å²) in [5.74, 6) is -2.46. The van der Waals surface area contributed by atoms with Crippen LogP contribution in [0.4, 0.5) is 8.78 Å². The molecular weight excluding hydrogens is 480 g/mol. The second kappa shape index (κ2) is 9.99. The maximum atomic E-state index is 15.4. The number of halogens is 2. The summed E-state index contributed by atoms with van der Waals surface area (Å²) in [5, 5.41) is 9.45. The first-order valence-electron chi connectivity index (χ1n) is 11.7. The molecular formula is C28H23F2N3O4. The Morgan fingerprint density at radius 1 is 1.11 bits per heavy atom. The smallest absolute Gasteiger partial charge is 0.259 e. The van der Waals surface area contributed by atoms with Gasteiger partial charge >= 0.3 is 0 Å². The summed E-state index contributed by atoms with van der Waals surface area (Å²) in [6, 6.07) is 13.6. The Hall–Kier alpha value is -4.29. The third kappa shape index (κ3) is 4.30. The van der Waals surface area contributed by atoms with E-state index in [0.29, 0.717) is 42.7 Å². The van der Waals surface area contributed by atoms with Crippen LogP contribution in [-0.4, -0.2) is 37.0 Å². The van der Waals surface area contributed by atoms with Gasteiger partial charge in [0.1, 0.15) is 0 Å². The van der Waals surface area contributed by atoms with Crippen LogP contribution in [0.5, 0.6) is 11.5 Å². The van der Waals surface area contributed by atoms with Crippen molar-refractivity contribution in [1.29, 1.82) is 5.26 Å². The Morgan fingerprint density at radius 3 is 2.41 bits per heavy atom. The lowest BCUT2D eigenvalue weighted by Crippen LogP contribution is -2.27. The zero-order valence-electron chi connectivity index (χ0n) is 20.3. The van der Waals surface area contributed by atoms with E-state index in [9.17, 15) is 4.79 Å². The maximum absolute atomic E-state index is 15.4. The van der Waals surface area contributed by atoms with Crippen LogP contribution in [-0.2, 0) is 11.2 Å². The van der Waals surface area contributed by atoms with Gasteiger partial charge in [0.05, 0.1) is 61.7 Å². The Kier molecular flexibility index (Phi) is 6.59. The largest absolute Gasteiger partial charge is 0.494 e. The summed E-state index contributed by atoms with van der Waals surface area (Å²) in [6.45, 7) is 0.766. The van der Waals surface area contributed by atoms with Crippen LogP contribution in [0.25, 0.3) is 33.3 Å². The molecule has 1 fully saturated rings. The van der Waals surface area contributed by atoms with Crippen molar-refractivity contribution in [3.05, 3.63) is 76.2 Å². The second-order valence-corrected chi connectivity index (χ2v) is 8.69. The Balaban J connectivity index is 1.76. The summed E-state index contributed by atoms with van der Waals surface area (Å²) in [6.07, 6.45) is 2.46. The third-order valence-electron chi connectivity index (χ3n) is 6.57. The molecule has 1 atom stereocenters. The van der Waals surface area contributed by atoms with Crippen molar-refractivity contribution in [1.82, 2.24) is 9.55 Å². The fraction of sp³-hybridized carbons (Fsp3) is 0.250. The first kappa shape index (κ1) is 24.4. The first-order valence-corrected chi connectivity index (χ1v) is 11.7. The molecule has 0 amide bonds. The molecule has 2 aromatic heterocycles. The lowest BCUT2D eigenvalue weighted by atomic mass is 10.0. The molecule has 7 nitrogen and oxygen atoms in total. The van der Waals surface area contributed by atoms with E-state index in [1.165, 1.54) is 24.9 Å². The number of hydrogen-bond donors (Lipinski definition) is 0. The van der Waals surface area contributed by atoms with Crippen molar-refractivity contribution < 1.29 is 23.0 Å². The number of ether oxygens (including phenoxy) is 3. The van der Waals surface area contributed by atoms with Crippen molar-refractivity contribution in [3.8, 4) is 40.0 Å². The SMILES string of the molecule is COc1cc(OC)c(F)c(-c2cc3cnc(-c4ccc(CC#N)cc4)cc3n([C@H]3CCOC3)c2=O)c1F. The van der Waals surface area contributed by atoms with Crippen LogP contribution in [0.1, 0.15) is 18.0 Å². The second-order valence-electron chi connectivity index (χ2n) is 8.69. The van der Waals surface area contributed by atoms with Crippen molar-refractivity contribution in [2.75, 3.05) is 27.4 Å². The van der Waals surface area contributed by atoms with E-state index in [0.717, 1.165) is 17.2 Å². The molecule has 0 spiro atoms. The predicted molar refractivity (Wildman–Crippen MR) is 134 cm³/mol. The topological polar surface area (TPSA) is 86.4 Å². The van der Waals surface area contributed by atoms with Gasteiger partial charge in [0.2, 0.25) is 0 Å². The molecule has 0 saturated carbocycles. The van der Waals surface area contributed by atoms with Gasteiger partial charge < -0.3 is 18.8 Å². The number of pyridine rings is 2. The van der Waals surface area contributed by atoms with Crippen LogP contribution >= 0.6 is 0 Å². The van der Waals surface area contributed by atoms with Gasteiger partial charge in [-0.25, -0.2) is 8.78 Å². The number of benzene rings is 2. The van der Waals surface area contributed by atoms with Gasteiger partial charge in [0, 0.05) is 29.8 Å². The molecule has 1 aliphatic rings. The number of nitrogens with zero attached hydrogens (tertiary/aromatic N) is 3. The molecule has 0 radical (unpaired) electrons. The van der Waals surface area contributed by atoms with Gasteiger partial charge in [-0.2, -0.15) is 5.26 Å². The summed E-state index contributed by atoms with van der Waals surface area (Å²) < 4.78 is 48.0. The molecule has 1 saturated heterocycles. The fourth-order valence-corrected chi connectivity index (χ4v) is 4.66. The Morgan fingerprint density at radius 2 is 1.81 bits per heavy atom. The van der Waals surface area contributed by atoms with E-state index in [4.69, 9.17) is 19.5 Å². The standard InChI is InChI=1S/C28H23F2N3O4/c1-35-23-13-24(36-2)27(30)25(26(23)29)20-11-18-14-32-21(17-5-3-16(4-6-17)7-9-31)12-22(18)33(28(20)34)19-8-10-37-15-19/h3-6,11-14,19H,7-8,10,15H2,1-2H3/t19-/m0/s1. The molecule has 0 N–H and O–H groups in total.